The molecule has 1 amide bonds. The molecule has 3 rings (SSSR count). The fraction of sp³-hybridized carbons (Fsp3) is 0.136. The maximum absolute atomic E-state index is 12.5. The van der Waals surface area contributed by atoms with Crippen molar-refractivity contribution >= 4 is 40.4 Å². The molecule has 0 aliphatic rings. The molecule has 1 aromatic heterocycles. The van der Waals surface area contributed by atoms with Gasteiger partial charge in [0.15, 0.2) is 5.82 Å². The topological polar surface area (TPSA) is 75.1 Å². The molecular formula is C22H20IN3O2. The number of benzene rings is 2. The molecule has 6 heteroatoms. The highest BCUT2D eigenvalue weighted by Gasteiger charge is 2.11. The lowest BCUT2D eigenvalue weighted by molar-refractivity contribution is -0.115. The van der Waals surface area contributed by atoms with Crippen LogP contribution in [-0.4, -0.2) is 21.0 Å². The van der Waals surface area contributed by atoms with Gasteiger partial charge in [0.1, 0.15) is 11.4 Å². The van der Waals surface area contributed by atoms with E-state index in [2.05, 4.69) is 37.9 Å². The smallest absolute Gasteiger partial charge is 0.230 e. The van der Waals surface area contributed by atoms with Crippen molar-refractivity contribution in [1.29, 1.82) is 0 Å². The van der Waals surface area contributed by atoms with E-state index >= 15 is 0 Å². The van der Waals surface area contributed by atoms with Crippen molar-refractivity contribution in [3.63, 3.8) is 0 Å². The molecule has 0 saturated carbocycles. The van der Waals surface area contributed by atoms with Crippen LogP contribution in [0.2, 0.25) is 0 Å². The highest BCUT2D eigenvalue weighted by atomic mass is 127. The number of nitrogens with zero attached hydrogens (tertiary/aromatic N) is 2. The summed E-state index contributed by atoms with van der Waals surface area (Å²) in [4.78, 5) is 21.5. The highest BCUT2D eigenvalue weighted by Crippen LogP contribution is 2.23. The largest absolute Gasteiger partial charge is 0.508 e. The molecule has 1 heterocycles. The first kappa shape index (κ1) is 20.0. The molecule has 0 saturated heterocycles. The van der Waals surface area contributed by atoms with Crippen LogP contribution in [0, 0.1) is 3.57 Å². The van der Waals surface area contributed by atoms with Crippen molar-refractivity contribution in [3.8, 4) is 17.0 Å². The van der Waals surface area contributed by atoms with E-state index in [0.717, 1.165) is 20.3 Å². The van der Waals surface area contributed by atoms with E-state index in [4.69, 9.17) is 0 Å². The Morgan fingerprint density at radius 1 is 1.11 bits per heavy atom. The van der Waals surface area contributed by atoms with Crippen LogP contribution in [0.15, 0.2) is 60.3 Å². The van der Waals surface area contributed by atoms with Gasteiger partial charge in [0.2, 0.25) is 5.91 Å². The summed E-state index contributed by atoms with van der Waals surface area (Å²) in [6.07, 6.45) is 3.78. The van der Waals surface area contributed by atoms with Crippen LogP contribution in [0.3, 0.4) is 0 Å². The normalized spacial score (nSPS) is 10.4. The molecule has 3 aromatic rings. The van der Waals surface area contributed by atoms with Gasteiger partial charge in [0.25, 0.3) is 0 Å². The van der Waals surface area contributed by atoms with Crippen LogP contribution in [0.4, 0.5) is 5.82 Å². The number of rotatable bonds is 5. The van der Waals surface area contributed by atoms with Crippen molar-refractivity contribution in [1.82, 2.24) is 9.97 Å². The third-order valence-electron chi connectivity index (χ3n) is 3.92. The number of carbonyl (C=O) groups excluding carboxylic acids is 1. The third kappa shape index (κ3) is 5.39. The maximum atomic E-state index is 12.5. The Bertz CT molecular complexity index is 1010. The molecule has 0 fully saturated rings. The zero-order valence-corrected chi connectivity index (χ0v) is 17.8. The quantitative estimate of drug-likeness (QED) is 0.496. The first-order valence-corrected chi connectivity index (χ1v) is 9.84. The number of hydrogen-bond donors (Lipinski definition) is 2. The molecule has 28 heavy (non-hydrogen) atoms. The van der Waals surface area contributed by atoms with Gasteiger partial charge in [0, 0.05) is 9.13 Å². The summed E-state index contributed by atoms with van der Waals surface area (Å²) in [6.45, 7) is 3.93. The summed E-state index contributed by atoms with van der Waals surface area (Å²) in [5.41, 5.74) is 4.09. The predicted molar refractivity (Wildman–Crippen MR) is 120 cm³/mol. The Morgan fingerprint density at radius 3 is 2.43 bits per heavy atom. The number of carbonyl (C=O) groups is 1. The summed E-state index contributed by atoms with van der Waals surface area (Å²) in [7, 11) is 0. The molecule has 0 bridgehead atoms. The van der Waals surface area contributed by atoms with Crippen molar-refractivity contribution < 1.29 is 9.90 Å². The minimum atomic E-state index is -0.142. The van der Waals surface area contributed by atoms with Gasteiger partial charge in [0.05, 0.1) is 18.3 Å². The summed E-state index contributed by atoms with van der Waals surface area (Å²) in [5, 5.41) is 12.3. The molecule has 0 aliphatic carbocycles. The fourth-order valence-corrected chi connectivity index (χ4v) is 2.97. The van der Waals surface area contributed by atoms with E-state index in [1.807, 2.05) is 44.2 Å². The summed E-state index contributed by atoms with van der Waals surface area (Å²) in [5.74, 6) is 0.483. The van der Waals surface area contributed by atoms with E-state index in [0.29, 0.717) is 17.2 Å². The third-order valence-corrected chi connectivity index (χ3v) is 4.64. The minimum Gasteiger partial charge on any atom is -0.508 e. The van der Waals surface area contributed by atoms with Gasteiger partial charge in [-0.1, -0.05) is 17.7 Å². The summed E-state index contributed by atoms with van der Waals surface area (Å²) >= 11 is 2.23. The lowest BCUT2D eigenvalue weighted by Gasteiger charge is -2.10. The molecule has 2 N–H and O–H groups in total. The van der Waals surface area contributed by atoms with E-state index in [1.165, 1.54) is 0 Å². The lowest BCUT2D eigenvalue weighted by atomic mass is 10.1. The first-order chi connectivity index (χ1) is 13.4. The average molecular weight is 485 g/mol. The van der Waals surface area contributed by atoms with Crippen molar-refractivity contribution in [3.05, 3.63) is 75.1 Å². The van der Waals surface area contributed by atoms with Crippen LogP contribution >= 0.6 is 22.6 Å². The molecule has 0 atom stereocenters. The second-order valence-corrected chi connectivity index (χ2v) is 7.85. The summed E-state index contributed by atoms with van der Waals surface area (Å²) in [6, 6.07) is 14.6. The highest BCUT2D eigenvalue weighted by molar-refractivity contribution is 14.1. The molecule has 0 radical (unpaired) electrons. The molecule has 0 spiro atoms. The van der Waals surface area contributed by atoms with Crippen LogP contribution in [-0.2, 0) is 11.2 Å². The lowest BCUT2D eigenvalue weighted by Crippen LogP contribution is -2.16. The Balaban J connectivity index is 1.85. The number of phenolic OH excluding ortho intramolecular Hbond substituents is 1. The number of amides is 1. The molecule has 0 aliphatic heterocycles. The van der Waals surface area contributed by atoms with Gasteiger partial charge in [-0.2, -0.15) is 0 Å². The number of phenols is 1. The zero-order chi connectivity index (χ0) is 20.1. The number of aromatic nitrogens is 2. The number of aromatic hydroxyl groups is 1. The van der Waals surface area contributed by atoms with Crippen LogP contribution in [0.25, 0.3) is 17.3 Å². The summed E-state index contributed by atoms with van der Waals surface area (Å²) < 4.78 is 1.13. The number of anilines is 1. The Morgan fingerprint density at radius 2 is 1.79 bits per heavy atom. The van der Waals surface area contributed by atoms with Crippen molar-refractivity contribution in [2.75, 3.05) is 5.32 Å². The fourth-order valence-electron chi connectivity index (χ4n) is 2.61. The van der Waals surface area contributed by atoms with E-state index in [9.17, 15) is 9.90 Å². The number of hydrogen-bond acceptors (Lipinski definition) is 4. The monoisotopic (exact) mass is 485 g/mol. The van der Waals surface area contributed by atoms with E-state index in [1.54, 1.807) is 30.5 Å². The van der Waals surface area contributed by atoms with E-state index in [-0.39, 0.29) is 18.1 Å². The number of nitrogens with one attached hydrogen (secondary N) is 1. The molecule has 0 unspecified atom stereocenters. The molecule has 2 aromatic carbocycles. The second kappa shape index (κ2) is 8.97. The van der Waals surface area contributed by atoms with Gasteiger partial charge in [-0.05, 0) is 84.5 Å². The second-order valence-electron chi connectivity index (χ2n) is 6.61. The van der Waals surface area contributed by atoms with Gasteiger partial charge < -0.3 is 10.4 Å². The van der Waals surface area contributed by atoms with E-state index < -0.39 is 0 Å². The number of allylic oxidation sites excluding steroid dienone is 1. The van der Waals surface area contributed by atoms with Crippen LogP contribution in [0.1, 0.15) is 25.1 Å². The van der Waals surface area contributed by atoms with Crippen molar-refractivity contribution in [2.45, 2.75) is 20.3 Å². The standard InChI is InChI=1S/C22H20IN3O2/c1-14(2)11-19-22(26-21(28)12-15-3-7-17(23)8-4-15)24-13-20(25-19)16-5-9-18(27)10-6-16/h3-11,13,27H,12H2,1-2H3,(H,24,26,28). The first-order valence-electron chi connectivity index (χ1n) is 8.76. The molecular weight excluding hydrogens is 465 g/mol. The van der Waals surface area contributed by atoms with Crippen LogP contribution in [0.5, 0.6) is 5.75 Å². The zero-order valence-electron chi connectivity index (χ0n) is 15.6. The Labute approximate surface area is 177 Å². The average Bonchev–Trinajstić information content (AvgIpc) is 2.65. The van der Waals surface area contributed by atoms with Gasteiger partial charge >= 0.3 is 0 Å². The molecule has 5 nitrogen and oxygen atoms in total. The minimum absolute atomic E-state index is 0.142. The van der Waals surface area contributed by atoms with Gasteiger partial charge in [-0.15, -0.1) is 0 Å². The van der Waals surface area contributed by atoms with Gasteiger partial charge in [-0.3, -0.25) is 4.79 Å². The molecule has 142 valence electrons. The maximum Gasteiger partial charge on any atom is 0.230 e. The van der Waals surface area contributed by atoms with Crippen LogP contribution < -0.4 is 5.32 Å². The predicted octanol–water partition coefficient (Wildman–Crippen LogP) is 5.06. The number of halogens is 1. The Kier molecular flexibility index (Phi) is 6.41. The Hall–Kier alpha value is -2.74. The SMILES string of the molecule is CC(C)=Cc1nc(-c2ccc(O)cc2)cnc1NC(=O)Cc1ccc(I)cc1. The van der Waals surface area contributed by atoms with Crippen molar-refractivity contribution in [2.24, 2.45) is 0 Å². The van der Waals surface area contributed by atoms with Gasteiger partial charge in [-0.25, -0.2) is 9.97 Å².